The van der Waals surface area contributed by atoms with E-state index in [0.717, 1.165) is 30.6 Å². The number of piperidine rings is 1. The molecule has 2 heterocycles. The summed E-state index contributed by atoms with van der Waals surface area (Å²) in [6.45, 7) is 6.68. The molecule has 1 saturated heterocycles. The number of rotatable bonds is 3. The van der Waals surface area contributed by atoms with E-state index in [0.29, 0.717) is 16.9 Å². The number of amides is 2. The molecular weight excluding hydrogens is 328 g/mol. The van der Waals surface area contributed by atoms with Crippen LogP contribution in [0.5, 0.6) is 0 Å². The number of aryl methyl sites for hydroxylation is 3. The van der Waals surface area contributed by atoms with Gasteiger partial charge in [-0.25, -0.2) is 0 Å². The second-order valence-corrected chi connectivity index (χ2v) is 7.12. The normalized spacial score (nSPS) is 17.2. The summed E-state index contributed by atoms with van der Waals surface area (Å²) in [6, 6.07) is 7.48. The monoisotopic (exact) mass is 354 g/mol. The molecule has 3 rings (SSSR count). The van der Waals surface area contributed by atoms with Crippen molar-refractivity contribution >= 4 is 17.5 Å². The first-order valence-corrected chi connectivity index (χ1v) is 9.10. The van der Waals surface area contributed by atoms with E-state index in [1.54, 1.807) is 29.9 Å². The first-order valence-electron chi connectivity index (χ1n) is 9.10. The van der Waals surface area contributed by atoms with Gasteiger partial charge < -0.3 is 10.2 Å². The van der Waals surface area contributed by atoms with Crippen molar-refractivity contribution in [2.75, 3.05) is 11.9 Å². The molecule has 1 unspecified atom stereocenters. The summed E-state index contributed by atoms with van der Waals surface area (Å²) in [6.07, 6.45) is 3.30. The quantitative estimate of drug-likeness (QED) is 0.919. The summed E-state index contributed by atoms with van der Waals surface area (Å²) in [5.41, 5.74) is 3.55. The van der Waals surface area contributed by atoms with Crippen LogP contribution < -0.4 is 5.32 Å². The molecule has 1 aliphatic heterocycles. The van der Waals surface area contributed by atoms with E-state index >= 15 is 0 Å². The fraction of sp³-hybridized carbons (Fsp3) is 0.450. The number of hydrogen-bond donors (Lipinski definition) is 1. The lowest BCUT2D eigenvalue weighted by molar-refractivity contribution is 0.0635. The molecule has 6 heteroatoms. The Kier molecular flexibility index (Phi) is 5.11. The molecule has 1 aromatic carbocycles. The highest BCUT2D eigenvalue weighted by Gasteiger charge is 2.24. The number of anilines is 1. The van der Waals surface area contributed by atoms with Gasteiger partial charge in [0, 0.05) is 30.9 Å². The topological polar surface area (TPSA) is 67.2 Å². The molecule has 1 fully saturated rings. The predicted octanol–water partition coefficient (Wildman–Crippen LogP) is 3.30. The van der Waals surface area contributed by atoms with Gasteiger partial charge in [0.2, 0.25) is 0 Å². The fourth-order valence-electron chi connectivity index (χ4n) is 3.51. The Morgan fingerprint density at radius 2 is 1.96 bits per heavy atom. The van der Waals surface area contributed by atoms with Gasteiger partial charge in [-0.2, -0.15) is 5.10 Å². The minimum atomic E-state index is -0.208. The Labute approximate surface area is 154 Å². The zero-order valence-electron chi connectivity index (χ0n) is 15.9. The summed E-state index contributed by atoms with van der Waals surface area (Å²) in [5, 5.41) is 7.11. The van der Waals surface area contributed by atoms with Crippen molar-refractivity contribution in [2.45, 2.75) is 46.1 Å². The Balaban J connectivity index is 1.76. The van der Waals surface area contributed by atoms with Gasteiger partial charge in [0.1, 0.15) is 5.69 Å². The predicted molar refractivity (Wildman–Crippen MR) is 101 cm³/mol. The highest BCUT2D eigenvalue weighted by atomic mass is 16.2. The van der Waals surface area contributed by atoms with Crippen LogP contribution in [0.3, 0.4) is 0 Å². The first-order chi connectivity index (χ1) is 12.4. The third-order valence-electron chi connectivity index (χ3n) is 5.02. The van der Waals surface area contributed by atoms with E-state index in [1.807, 2.05) is 24.8 Å². The van der Waals surface area contributed by atoms with Crippen LogP contribution in [-0.4, -0.2) is 39.1 Å². The second kappa shape index (κ2) is 7.32. The minimum Gasteiger partial charge on any atom is -0.336 e. The molecule has 6 nitrogen and oxygen atoms in total. The molecule has 0 radical (unpaired) electrons. The highest BCUT2D eigenvalue weighted by molar-refractivity contribution is 6.04. The number of benzene rings is 1. The third-order valence-corrected chi connectivity index (χ3v) is 5.02. The number of nitrogens with one attached hydrogen (secondary N) is 1. The van der Waals surface area contributed by atoms with Crippen LogP contribution in [0, 0.1) is 13.8 Å². The van der Waals surface area contributed by atoms with E-state index in [-0.39, 0.29) is 17.9 Å². The molecule has 26 heavy (non-hydrogen) atoms. The van der Waals surface area contributed by atoms with Crippen LogP contribution in [0.1, 0.15) is 58.3 Å². The maximum atomic E-state index is 12.8. The lowest BCUT2D eigenvalue weighted by Crippen LogP contribution is -2.42. The van der Waals surface area contributed by atoms with Gasteiger partial charge in [-0.15, -0.1) is 0 Å². The van der Waals surface area contributed by atoms with Crippen LogP contribution >= 0.6 is 0 Å². The van der Waals surface area contributed by atoms with Crippen molar-refractivity contribution in [1.82, 2.24) is 14.7 Å². The zero-order valence-corrected chi connectivity index (χ0v) is 15.9. The average Bonchev–Trinajstić information content (AvgIpc) is 2.95. The number of likely N-dealkylation sites (tertiary alicyclic amines) is 1. The maximum absolute atomic E-state index is 12.8. The lowest BCUT2D eigenvalue weighted by Gasteiger charge is -2.33. The van der Waals surface area contributed by atoms with Crippen molar-refractivity contribution < 1.29 is 9.59 Å². The number of carbonyl (C=O) groups is 2. The Hall–Kier alpha value is -2.63. The van der Waals surface area contributed by atoms with Gasteiger partial charge in [-0.05, 0) is 69.9 Å². The molecule has 2 amide bonds. The number of nitrogens with zero attached hydrogens (tertiary/aromatic N) is 3. The molecule has 1 aromatic heterocycles. The van der Waals surface area contributed by atoms with Crippen LogP contribution in [0.25, 0.3) is 0 Å². The molecule has 0 saturated carbocycles. The van der Waals surface area contributed by atoms with Crippen molar-refractivity contribution in [3.8, 4) is 0 Å². The summed E-state index contributed by atoms with van der Waals surface area (Å²) < 4.78 is 1.57. The average molecular weight is 354 g/mol. The van der Waals surface area contributed by atoms with E-state index in [1.165, 1.54) is 6.42 Å². The summed E-state index contributed by atoms with van der Waals surface area (Å²) in [7, 11) is 1.75. The van der Waals surface area contributed by atoms with Crippen LogP contribution in [0.4, 0.5) is 5.69 Å². The number of hydrogen-bond acceptors (Lipinski definition) is 3. The number of carbonyl (C=O) groups excluding carboxylic acids is 2. The minimum absolute atomic E-state index is 0.0698. The molecule has 138 valence electrons. The zero-order chi connectivity index (χ0) is 18.8. The largest absolute Gasteiger partial charge is 0.336 e. The standard InChI is InChI=1S/C20H26N4O2/c1-13-11-16(20(26)24-10-6-5-7-15(24)3)8-9-17(13)21-19(25)18-12-14(2)22-23(18)4/h8-9,11-12,15H,5-7,10H2,1-4H3,(H,21,25). The van der Waals surface area contributed by atoms with Gasteiger partial charge in [-0.1, -0.05) is 0 Å². The van der Waals surface area contributed by atoms with E-state index in [9.17, 15) is 9.59 Å². The molecule has 0 aliphatic carbocycles. The van der Waals surface area contributed by atoms with Gasteiger partial charge in [0.05, 0.1) is 5.69 Å². The highest BCUT2D eigenvalue weighted by Crippen LogP contribution is 2.22. The van der Waals surface area contributed by atoms with Crippen LogP contribution in [0.2, 0.25) is 0 Å². The van der Waals surface area contributed by atoms with Crippen molar-refractivity contribution in [3.05, 3.63) is 46.8 Å². The molecule has 0 spiro atoms. The van der Waals surface area contributed by atoms with Crippen LogP contribution in [-0.2, 0) is 7.05 Å². The molecule has 1 aliphatic rings. The molecule has 0 bridgehead atoms. The molecule has 1 N–H and O–H groups in total. The van der Waals surface area contributed by atoms with Gasteiger partial charge in [0.25, 0.3) is 11.8 Å². The Morgan fingerprint density at radius 1 is 1.19 bits per heavy atom. The van der Waals surface area contributed by atoms with E-state index in [4.69, 9.17) is 0 Å². The first kappa shape index (κ1) is 18.2. The summed E-state index contributed by atoms with van der Waals surface area (Å²) >= 11 is 0. The summed E-state index contributed by atoms with van der Waals surface area (Å²) in [4.78, 5) is 27.2. The van der Waals surface area contributed by atoms with Crippen molar-refractivity contribution in [2.24, 2.45) is 7.05 Å². The van der Waals surface area contributed by atoms with Gasteiger partial charge in [0.15, 0.2) is 0 Å². The summed E-state index contributed by atoms with van der Waals surface area (Å²) in [5.74, 6) is -0.139. The third kappa shape index (κ3) is 3.64. The molecular formula is C20H26N4O2. The van der Waals surface area contributed by atoms with Crippen LogP contribution in [0.15, 0.2) is 24.3 Å². The number of aromatic nitrogens is 2. The second-order valence-electron chi connectivity index (χ2n) is 7.12. The van der Waals surface area contributed by atoms with E-state index < -0.39 is 0 Å². The maximum Gasteiger partial charge on any atom is 0.273 e. The Morgan fingerprint density at radius 3 is 2.58 bits per heavy atom. The fourth-order valence-corrected chi connectivity index (χ4v) is 3.51. The van der Waals surface area contributed by atoms with Gasteiger partial charge in [-0.3, -0.25) is 14.3 Å². The van der Waals surface area contributed by atoms with Crippen molar-refractivity contribution in [1.29, 1.82) is 0 Å². The Bertz CT molecular complexity index is 840. The van der Waals surface area contributed by atoms with Gasteiger partial charge >= 0.3 is 0 Å². The lowest BCUT2D eigenvalue weighted by atomic mass is 10.0. The SMILES string of the molecule is Cc1cc(C(=O)Nc2ccc(C(=O)N3CCCCC3C)cc2C)n(C)n1. The smallest absolute Gasteiger partial charge is 0.273 e. The molecule has 1 atom stereocenters. The van der Waals surface area contributed by atoms with E-state index in [2.05, 4.69) is 17.3 Å². The van der Waals surface area contributed by atoms with Crippen molar-refractivity contribution in [3.63, 3.8) is 0 Å². The molecule has 2 aromatic rings.